The lowest BCUT2D eigenvalue weighted by Gasteiger charge is -2.59. The fourth-order valence-electron chi connectivity index (χ4n) is 9.67. The standard InChI is InChI=1S/C53H60F2N2O8/c1-3-5-30-61-52(60)57(34-37-21-23-41(54)24-22-37)49-33-47(56-64-35-38-15-7-6-8-16-38)44-31-39(17-11-13-27-58)43(19-12-14-28-59)50-45-32-42(62-36-40-18-9-10-20-46(40)55)25-26-48(45)65-53(49,51(44)50)63-29-4-2/h3-4,6-10,15-16,18,20-26,31-32,39,43,49-51,58-59H,1-2,5,11-14,17,19,27-30,33-36H2/t39-,43+,49-,50+,51+,53+/m0/s1. The molecule has 1 fully saturated rings. The number of aliphatic hydroxyl groups excluding tert-OH is 2. The molecule has 0 radical (unpaired) electrons. The number of benzene rings is 4. The highest BCUT2D eigenvalue weighted by molar-refractivity contribution is 6.03. The van der Waals surface area contributed by atoms with Gasteiger partial charge in [-0.1, -0.05) is 96.9 Å². The summed E-state index contributed by atoms with van der Waals surface area (Å²) in [7, 11) is 0. The van der Waals surface area contributed by atoms with E-state index >= 15 is 0 Å². The maximum atomic E-state index is 14.8. The van der Waals surface area contributed by atoms with Crippen LogP contribution in [0.4, 0.5) is 13.6 Å². The van der Waals surface area contributed by atoms with E-state index in [1.54, 1.807) is 53.5 Å². The van der Waals surface area contributed by atoms with Crippen molar-refractivity contribution in [3.05, 3.63) is 168 Å². The van der Waals surface area contributed by atoms with Crippen LogP contribution in [0.3, 0.4) is 0 Å². The van der Waals surface area contributed by atoms with Crippen molar-refractivity contribution in [3.63, 3.8) is 0 Å². The third-order valence-corrected chi connectivity index (χ3v) is 12.7. The fourth-order valence-corrected chi connectivity index (χ4v) is 9.67. The van der Waals surface area contributed by atoms with Gasteiger partial charge in [0.1, 0.15) is 42.4 Å². The summed E-state index contributed by atoms with van der Waals surface area (Å²) in [5.41, 5.74) is 4.33. The number of carbonyl (C=O) groups is 1. The van der Waals surface area contributed by atoms with Crippen LogP contribution in [0.1, 0.15) is 79.5 Å². The lowest BCUT2D eigenvalue weighted by atomic mass is 9.55. The smallest absolute Gasteiger partial charge is 0.410 e. The Labute approximate surface area is 380 Å². The second kappa shape index (κ2) is 22.9. The van der Waals surface area contributed by atoms with Crippen molar-refractivity contribution in [2.45, 2.75) is 88.9 Å². The van der Waals surface area contributed by atoms with Crippen LogP contribution in [0, 0.1) is 29.4 Å². The number of unbranched alkanes of at least 4 members (excludes halogenated alkanes) is 2. The van der Waals surface area contributed by atoms with Crippen LogP contribution in [0.5, 0.6) is 11.5 Å². The second-order valence-corrected chi connectivity index (χ2v) is 16.9. The van der Waals surface area contributed by atoms with E-state index in [0.717, 1.165) is 42.4 Å². The van der Waals surface area contributed by atoms with E-state index in [1.807, 2.05) is 42.5 Å². The average molecular weight is 891 g/mol. The van der Waals surface area contributed by atoms with Crippen molar-refractivity contribution < 1.29 is 47.6 Å². The number of amides is 1. The Kier molecular flexibility index (Phi) is 16.6. The van der Waals surface area contributed by atoms with Gasteiger partial charge in [-0.25, -0.2) is 13.6 Å². The topological polar surface area (TPSA) is 119 Å². The minimum atomic E-state index is -1.56. The number of aliphatic hydroxyl groups is 2. The first-order valence-corrected chi connectivity index (χ1v) is 22.7. The summed E-state index contributed by atoms with van der Waals surface area (Å²) >= 11 is 0. The van der Waals surface area contributed by atoms with Gasteiger partial charge in [-0.2, -0.15) is 0 Å². The summed E-state index contributed by atoms with van der Waals surface area (Å²) in [6.45, 7) is 8.30. The maximum absolute atomic E-state index is 14.8. The molecular formula is C53H60F2N2O8. The lowest BCUT2D eigenvalue weighted by molar-refractivity contribution is -0.256. The molecule has 0 saturated heterocycles. The van der Waals surface area contributed by atoms with E-state index in [1.165, 1.54) is 18.2 Å². The Bertz CT molecular complexity index is 2270. The number of nitrogens with zero attached hydrogens (tertiary/aromatic N) is 2. The Morgan fingerprint density at radius 2 is 1.63 bits per heavy atom. The van der Waals surface area contributed by atoms with Crippen LogP contribution in [0.15, 0.2) is 139 Å². The van der Waals surface area contributed by atoms with Crippen molar-refractivity contribution in [3.8, 4) is 11.5 Å². The minimum Gasteiger partial charge on any atom is -0.489 e. The van der Waals surface area contributed by atoms with E-state index in [9.17, 15) is 23.8 Å². The summed E-state index contributed by atoms with van der Waals surface area (Å²) < 4.78 is 55.8. The van der Waals surface area contributed by atoms with Gasteiger partial charge in [-0.3, -0.25) is 4.90 Å². The predicted octanol–water partition coefficient (Wildman–Crippen LogP) is 10.6. The highest BCUT2D eigenvalue weighted by atomic mass is 19.1. The Morgan fingerprint density at radius 3 is 2.37 bits per heavy atom. The number of hydrogen-bond donors (Lipinski definition) is 2. The van der Waals surface area contributed by atoms with Crippen molar-refractivity contribution in [1.82, 2.24) is 4.90 Å². The molecule has 2 N–H and O–H groups in total. The molecule has 1 amide bonds. The van der Waals surface area contributed by atoms with E-state index in [4.69, 9.17) is 28.9 Å². The number of halogens is 2. The normalized spacial score (nSPS) is 22.4. The number of fused-ring (bicyclic) bond motifs is 2. The molecule has 1 aliphatic heterocycles. The van der Waals surface area contributed by atoms with Crippen LogP contribution in [-0.4, -0.2) is 65.2 Å². The van der Waals surface area contributed by atoms with E-state index in [-0.39, 0.29) is 76.2 Å². The monoisotopic (exact) mass is 890 g/mol. The first-order valence-electron chi connectivity index (χ1n) is 22.7. The van der Waals surface area contributed by atoms with Gasteiger partial charge in [0.15, 0.2) is 0 Å². The van der Waals surface area contributed by atoms with Gasteiger partial charge in [-0.15, -0.1) is 13.2 Å². The molecule has 0 bridgehead atoms. The molecule has 3 aliphatic rings. The molecular weight excluding hydrogens is 831 g/mol. The van der Waals surface area contributed by atoms with Gasteiger partial charge in [0.2, 0.25) is 5.79 Å². The molecule has 7 rings (SSSR count). The SMILES string of the molecule is C=CCCOC(=O)N(Cc1ccc(F)cc1)[C@H]1CC(=NOCc2ccccc2)C2=C[C@H](CCCCO)[C@@H](CCCCO)[C@@H]3c4cc(OCc5ccccc5F)ccc4O[C@@]1(OCC=C)[C@H]23. The first kappa shape index (κ1) is 47.2. The van der Waals surface area contributed by atoms with Gasteiger partial charge in [0.25, 0.3) is 0 Å². The highest BCUT2D eigenvalue weighted by Gasteiger charge is 2.65. The summed E-state index contributed by atoms with van der Waals surface area (Å²) in [6, 6.07) is 27.0. The molecule has 4 aromatic carbocycles. The Hall–Kier alpha value is -5.82. The molecule has 10 nitrogen and oxygen atoms in total. The number of hydrogen-bond acceptors (Lipinski definition) is 9. The first-order chi connectivity index (χ1) is 31.8. The fraction of sp³-hybridized carbons (Fsp3) is 0.396. The van der Waals surface area contributed by atoms with Gasteiger partial charge in [-0.05, 0) is 97.0 Å². The zero-order valence-electron chi connectivity index (χ0n) is 36.9. The van der Waals surface area contributed by atoms with Crippen molar-refractivity contribution in [2.75, 3.05) is 26.4 Å². The van der Waals surface area contributed by atoms with Crippen LogP contribution in [0.25, 0.3) is 0 Å². The molecule has 6 atom stereocenters. The number of allylic oxidation sites excluding steroid dienone is 1. The maximum Gasteiger partial charge on any atom is 0.410 e. The van der Waals surface area contributed by atoms with Gasteiger partial charge < -0.3 is 34.0 Å². The van der Waals surface area contributed by atoms with Crippen molar-refractivity contribution in [1.29, 1.82) is 0 Å². The molecule has 65 heavy (non-hydrogen) atoms. The van der Waals surface area contributed by atoms with Gasteiger partial charge in [0.05, 0.1) is 24.8 Å². The van der Waals surface area contributed by atoms with E-state index in [2.05, 4.69) is 19.2 Å². The van der Waals surface area contributed by atoms with Crippen molar-refractivity contribution >= 4 is 11.8 Å². The van der Waals surface area contributed by atoms with E-state index in [0.29, 0.717) is 47.6 Å². The molecule has 12 heteroatoms. The number of rotatable bonds is 23. The molecule has 344 valence electrons. The second-order valence-electron chi connectivity index (χ2n) is 16.9. The van der Waals surface area contributed by atoms with Gasteiger partial charge in [0, 0.05) is 43.2 Å². The number of carbonyl (C=O) groups excluding carboxylic acids is 1. The molecule has 0 unspecified atom stereocenters. The van der Waals surface area contributed by atoms with Crippen LogP contribution < -0.4 is 9.47 Å². The summed E-state index contributed by atoms with van der Waals surface area (Å²) in [4.78, 5) is 22.5. The van der Waals surface area contributed by atoms with E-state index < -0.39 is 29.7 Å². The Balaban J connectivity index is 1.44. The largest absolute Gasteiger partial charge is 0.489 e. The van der Waals surface area contributed by atoms with Crippen LogP contribution in [-0.2, 0) is 34.1 Å². The van der Waals surface area contributed by atoms with Crippen LogP contribution in [0.2, 0.25) is 0 Å². The predicted molar refractivity (Wildman–Crippen MR) is 245 cm³/mol. The molecule has 4 aromatic rings. The Morgan fingerprint density at radius 1 is 0.877 bits per heavy atom. The molecule has 2 aliphatic carbocycles. The quantitative estimate of drug-likeness (QED) is 0.0429. The van der Waals surface area contributed by atoms with Gasteiger partial charge >= 0.3 is 6.09 Å². The lowest BCUT2D eigenvalue weighted by Crippen LogP contribution is -2.70. The zero-order chi connectivity index (χ0) is 45.6. The molecule has 1 heterocycles. The third-order valence-electron chi connectivity index (χ3n) is 12.7. The minimum absolute atomic E-state index is 0.00223. The number of oxime groups is 1. The summed E-state index contributed by atoms with van der Waals surface area (Å²) in [5.74, 6) is -2.25. The molecule has 0 spiro atoms. The number of ether oxygens (including phenoxy) is 4. The zero-order valence-corrected chi connectivity index (χ0v) is 36.9. The summed E-state index contributed by atoms with van der Waals surface area (Å²) in [6.07, 6.45) is 9.78. The van der Waals surface area contributed by atoms with Crippen molar-refractivity contribution in [2.24, 2.45) is 22.9 Å². The molecule has 1 saturated carbocycles. The molecule has 0 aromatic heterocycles. The average Bonchev–Trinajstić information content (AvgIpc) is 3.32. The summed E-state index contributed by atoms with van der Waals surface area (Å²) in [5, 5.41) is 24.8. The van der Waals surface area contributed by atoms with Crippen LogP contribution >= 0.6 is 0 Å². The highest BCUT2D eigenvalue weighted by Crippen LogP contribution is 2.62. The third kappa shape index (κ3) is 11.2.